The van der Waals surface area contributed by atoms with Crippen molar-refractivity contribution >= 4 is 5.69 Å². The van der Waals surface area contributed by atoms with E-state index in [0.717, 1.165) is 11.4 Å². The van der Waals surface area contributed by atoms with Crippen molar-refractivity contribution in [2.75, 3.05) is 5.32 Å². The predicted molar refractivity (Wildman–Crippen MR) is 85.9 cm³/mol. The van der Waals surface area contributed by atoms with Crippen LogP contribution in [0.15, 0.2) is 66.9 Å². The van der Waals surface area contributed by atoms with E-state index < -0.39 is 0 Å². The highest BCUT2D eigenvalue weighted by atomic mass is 14.9. The first-order valence-electron chi connectivity index (χ1n) is 6.64. The first kappa shape index (κ1) is 18.6. The van der Waals surface area contributed by atoms with Crippen molar-refractivity contribution in [3.63, 3.8) is 0 Å². The van der Waals surface area contributed by atoms with E-state index in [1.807, 2.05) is 83.2 Å². The lowest BCUT2D eigenvalue weighted by Crippen LogP contribution is -1.95. The molecule has 0 fully saturated rings. The maximum atomic E-state index is 3.63. The molecule has 0 radical (unpaired) electrons. The normalized spacial score (nSPS) is 9.72. The number of anilines is 1. The summed E-state index contributed by atoms with van der Waals surface area (Å²) < 4.78 is 0. The van der Waals surface area contributed by atoms with Crippen LogP contribution in [0.25, 0.3) is 0 Å². The lowest BCUT2D eigenvalue weighted by atomic mass is 10.3. The van der Waals surface area contributed by atoms with E-state index in [-0.39, 0.29) is 0 Å². The van der Waals surface area contributed by atoms with E-state index in [2.05, 4.69) is 11.9 Å². The molecular weight excluding hydrogens is 218 g/mol. The Balaban J connectivity index is 0. The quantitative estimate of drug-likeness (QED) is 0.661. The molecule has 0 aliphatic carbocycles. The Hall–Kier alpha value is -1.76. The number of hydrogen-bond donors (Lipinski definition) is 1. The van der Waals surface area contributed by atoms with Crippen molar-refractivity contribution < 1.29 is 0 Å². The largest absolute Gasteiger partial charge is 0.356 e. The average molecular weight is 245 g/mol. The summed E-state index contributed by atoms with van der Waals surface area (Å²) in [5, 5.41) is 3.29. The van der Waals surface area contributed by atoms with E-state index in [4.69, 9.17) is 0 Å². The molecule has 0 spiro atoms. The van der Waals surface area contributed by atoms with Crippen LogP contribution in [0.1, 0.15) is 34.6 Å². The molecule has 0 atom stereocenters. The maximum Gasteiger partial charge on any atom is 0.0384 e. The Kier molecular flexibility index (Phi) is 15.7. The summed E-state index contributed by atoms with van der Waals surface area (Å²) in [6.07, 6.45) is 7.68. The summed E-state index contributed by atoms with van der Waals surface area (Å²) in [5.41, 5.74) is 2.16. The first-order valence-corrected chi connectivity index (χ1v) is 6.64. The molecule has 1 nitrogen and oxygen atoms in total. The molecule has 0 amide bonds. The van der Waals surface area contributed by atoms with E-state index >= 15 is 0 Å². The molecule has 1 N–H and O–H groups in total. The summed E-state index contributed by atoms with van der Waals surface area (Å²) in [4.78, 5) is 0. The highest BCUT2D eigenvalue weighted by Crippen LogP contribution is 2.09. The molecule has 1 rings (SSSR count). The van der Waals surface area contributed by atoms with Gasteiger partial charge in [-0.3, -0.25) is 0 Å². The van der Waals surface area contributed by atoms with Gasteiger partial charge in [-0.25, -0.2) is 0 Å². The number of nitrogens with one attached hydrogen (secondary N) is 1. The Morgan fingerprint density at radius 1 is 1.06 bits per heavy atom. The summed E-state index contributed by atoms with van der Waals surface area (Å²) in [5.74, 6) is 0. The van der Waals surface area contributed by atoms with Crippen LogP contribution in [0.2, 0.25) is 0 Å². The molecule has 0 saturated heterocycles. The van der Waals surface area contributed by atoms with Gasteiger partial charge in [0.15, 0.2) is 0 Å². The zero-order chi connectivity index (χ0) is 14.2. The van der Waals surface area contributed by atoms with Gasteiger partial charge >= 0.3 is 0 Å². The van der Waals surface area contributed by atoms with Crippen LogP contribution in [0, 0.1) is 0 Å². The van der Waals surface area contributed by atoms with Crippen molar-refractivity contribution in [3.05, 3.63) is 66.9 Å². The number of rotatable bonds is 4. The molecule has 1 aromatic rings. The maximum absolute atomic E-state index is 3.63. The smallest absolute Gasteiger partial charge is 0.0384 e. The molecule has 0 bridgehead atoms. The summed E-state index contributed by atoms with van der Waals surface area (Å²) in [7, 11) is 0. The molecular formula is C17H27N. The molecule has 0 unspecified atom stereocenters. The third-order valence-corrected chi connectivity index (χ3v) is 1.79. The fraction of sp³-hybridized carbons (Fsp3) is 0.294. The van der Waals surface area contributed by atoms with Gasteiger partial charge in [-0.1, -0.05) is 70.7 Å². The average Bonchev–Trinajstić information content (AvgIpc) is 2.48. The van der Waals surface area contributed by atoms with Gasteiger partial charge in [0.2, 0.25) is 0 Å². The van der Waals surface area contributed by atoms with Gasteiger partial charge in [0, 0.05) is 11.4 Å². The molecule has 0 aliphatic heterocycles. The van der Waals surface area contributed by atoms with Crippen LogP contribution < -0.4 is 5.32 Å². The molecule has 0 heterocycles. The SMILES string of the molecule is C=C/C=C\C(=C/C)Nc1ccccc1.CC.CC. The second kappa shape index (κ2) is 15.2. The lowest BCUT2D eigenvalue weighted by Gasteiger charge is -2.05. The van der Waals surface area contributed by atoms with Gasteiger partial charge in [0.1, 0.15) is 0 Å². The monoisotopic (exact) mass is 245 g/mol. The summed E-state index contributed by atoms with van der Waals surface area (Å²) >= 11 is 0. The third kappa shape index (κ3) is 9.46. The molecule has 0 saturated carbocycles. The van der Waals surface area contributed by atoms with Crippen molar-refractivity contribution in [3.8, 4) is 0 Å². The van der Waals surface area contributed by atoms with Crippen LogP contribution >= 0.6 is 0 Å². The Bertz CT molecular complexity index is 334. The van der Waals surface area contributed by atoms with Crippen LogP contribution in [0.5, 0.6) is 0 Å². The first-order chi connectivity index (χ1) is 8.86. The van der Waals surface area contributed by atoms with E-state index in [1.54, 1.807) is 6.08 Å². The van der Waals surface area contributed by atoms with Gasteiger partial charge in [-0.05, 0) is 25.1 Å². The molecule has 0 aliphatic rings. The van der Waals surface area contributed by atoms with E-state index in [1.165, 1.54) is 0 Å². The Morgan fingerprint density at radius 2 is 1.61 bits per heavy atom. The lowest BCUT2D eigenvalue weighted by molar-refractivity contribution is 1.44. The zero-order valence-corrected chi connectivity index (χ0v) is 12.4. The van der Waals surface area contributed by atoms with Crippen molar-refractivity contribution in [1.82, 2.24) is 0 Å². The summed E-state index contributed by atoms with van der Waals surface area (Å²) in [6.45, 7) is 13.6. The minimum absolute atomic E-state index is 1.07. The van der Waals surface area contributed by atoms with Crippen molar-refractivity contribution in [2.45, 2.75) is 34.6 Å². The highest BCUT2D eigenvalue weighted by Gasteiger charge is 1.90. The van der Waals surface area contributed by atoms with Gasteiger partial charge < -0.3 is 5.32 Å². The molecule has 1 heteroatoms. The number of para-hydroxylation sites is 1. The minimum atomic E-state index is 1.07. The summed E-state index contributed by atoms with van der Waals surface area (Å²) in [6, 6.07) is 10.1. The molecule has 0 aromatic heterocycles. The zero-order valence-electron chi connectivity index (χ0n) is 12.4. The van der Waals surface area contributed by atoms with Gasteiger partial charge in [0.25, 0.3) is 0 Å². The van der Waals surface area contributed by atoms with Gasteiger partial charge in [-0.15, -0.1) is 0 Å². The van der Waals surface area contributed by atoms with Crippen LogP contribution in [0.3, 0.4) is 0 Å². The van der Waals surface area contributed by atoms with Crippen molar-refractivity contribution in [2.24, 2.45) is 0 Å². The highest BCUT2D eigenvalue weighted by molar-refractivity contribution is 5.50. The Morgan fingerprint density at radius 3 is 2.06 bits per heavy atom. The fourth-order valence-electron chi connectivity index (χ4n) is 1.07. The van der Waals surface area contributed by atoms with E-state index in [9.17, 15) is 0 Å². The minimum Gasteiger partial charge on any atom is -0.356 e. The van der Waals surface area contributed by atoms with Gasteiger partial charge in [-0.2, -0.15) is 0 Å². The van der Waals surface area contributed by atoms with Crippen LogP contribution in [-0.4, -0.2) is 0 Å². The van der Waals surface area contributed by atoms with Gasteiger partial charge in [0.05, 0.1) is 0 Å². The predicted octanol–water partition coefficient (Wildman–Crippen LogP) is 5.80. The standard InChI is InChI=1S/C13H15N.2C2H6/c1-3-5-9-12(4-2)14-13-10-7-6-8-11-13;2*1-2/h3-11,14H,1H2,2H3;2*1-2H3/b9-5-,12-4+;;. The van der Waals surface area contributed by atoms with Crippen molar-refractivity contribution in [1.29, 1.82) is 0 Å². The topological polar surface area (TPSA) is 12.0 Å². The van der Waals surface area contributed by atoms with Crippen LogP contribution in [-0.2, 0) is 0 Å². The Labute approximate surface area is 113 Å². The number of benzene rings is 1. The number of allylic oxidation sites excluding steroid dienone is 4. The molecule has 1 aromatic carbocycles. The molecule has 100 valence electrons. The number of hydrogen-bond acceptors (Lipinski definition) is 1. The van der Waals surface area contributed by atoms with Crippen LogP contribution in [0.4, 0.5) is 5.69 Å². The second-order valence-corrected chi connectivity index (χ2v) is 2.83. The second-order valence-electron chi connectivity index (χ2n) is 2.83. The third-order valence-electron chi connectivity index (χ3n) is 1.79. The molecule has 18 heavy (non-hydrogen) atoms. The fourth-order valence-corrected chi connectivity index (χ4v) is 1.07. The van der Waals surface area contributed by atoms with E-state index in [0.29, 0.717) is 0 Å².